The van der Waals surface area contributed by atoms with E-state index in [1.807, 2.05) is 43.0 Å². The van der Waals surface area contributed by atoms with E-state index in [0.29, 0.717) is 19.2 Å². The maximum absolute atomic E-state index is 5.71. The minimum Gasteiger partial charge on any atom is -0.377 e. The fourth-order valence-electron chi connectivity index (χ4n) is 4.73. The number of hydrogen-bond donors (Lipinski definition) is 0. The average molecular weight is 460 g/mol. The Balaban J connectivity index is 1.66. The molecule has 4 aromatic heterocycles. The number of rotatable bonds is 3. The Bertz CT molecular complexity index is 1480. The van der Waals surface area contributed by atoms with Gasteiger partial charge in [0.2, 0.25) is 5.95 Å². The van der Waals surface area contributed by atoms with Crippen LogP contribution in [0.4, 0.5) is 5.82 Å². The molecule has 1 aromatic carbocycles. The van der Waals surface area contributed by atoms with Crippen molar-refractivity contribution in [2.24, 2.45) is 7.05 Å². The zero-order valence-corrected chi connectivity index (χ0v) is 19.9. The Hall–Kier alpha value is -3.30. The molecule has 1 atom stereocenters. The van der Waals surface area contributed by atoms with Crippen LogP contribution in [0.1, 0.15) is 18.3 Å². The van der Waals surface area contributed by atoms with Crippen LogP contribution in [0.2, 0.25) is 0 Å². The molecular weight excluding hydrogens is 434 g/mol. The number of ether oxygens (including phenoxy) is 1. The van der Waals surface area contributed by atoms with Crippen molar-refractivity contribution in [2.75, 3.05) is 24.7 Å². The number of fused-ring (bicyclic) bond motifs is 2. The van der Waals surface area contributed by atoms with E-state index in [4.69, 9.17) is 19.7 Å². The lowest BCUT2D eigenvalue weighted by molar-refractivity contribution is 0.0987. The molecule has 0 amide bonds. The lowest BCUT2D eigenvalue weighted by Gasteiger charge is -2.34. The first-order valence-corrected chi connectivity index (χ1v) is 12.0. The summed E-state index contributed by atoms with van der Waals surface area (Å²) < 4.78 is 10.8. The van der Waals surface area contributed by atoms with Crippen LogP contribution in [0.25, 0.3) is 38.5 Å². The van der Waals surface area contributed by atoms with E-state index in [2.05, 4.69) is 39.9 Å². The highest BCUT2D eigenvalue weighted by molar-refractivity contribution is 7.18. The average Bonchev–Trinajstić information content (AvgIpc) is 3.47. The van der Waals surface area contributed by atoms with Gasteiger partial charge >= 0.3 is 0 Å². The molecule has 0 radical (unpaired) electrons. The number of benzene rings is 1. The number of nitrogens with zero attached hydrogens (tertiary/aromatic N) is 7. The summed E-state index contributed by atoms with van der Waals surface area (Å²) >= 11 is 1.69. The maximum atomic E-state index is 5.71. The first kappa shape index (κ1) is 20.3. The summed E-state index contributed by atoms with van der Waals surface area (Å²) in [5, 5.41) is 6.65. The Kier molecular flexibility index (Phi) is 4.70. The molecule has 1 aliphatic rings. The van der Waals surface area contributed by atoms with E-state index in [-0.39, 0.29) is 6.04 Å². The van der Waals surface area contributed by atoms with E-state index >= 15 is 0 Å². The van der Waals surface area contributed by atoms with E-state index < -0.39 is 0 Å². The van der Waals surface area contributed by atoms with Gasteiger partial charge in [0.15, 0.2) is 5.82 Å². The number of para-hydroxylation sites is 2. The Morgan fingerprint density at radius 2 is 1.97 bits per heavy atom. The normalized spacial score (nSPS) is 16.8. The van der Waals surface area contributed by atoms with Crippen molar-refractivity contribution in [3.8, 4) is 17.2 Å². The monoisotopic (exact) mass is 459 g/mol. The zero-order chi connectivity index (χ0) is 22.7. The molecular formula is C24H25N7OS. The predicted molar refractivity (Wildman–Crippen MR) is 131 cm³/mol. The molecule has 1 saturated heterocycles. The van der Waals surface area contributed by atoms with Crippen LogP contribution in [0.15, 0.2) is 35.8 Å². The smallest absolute Gasteiger partial charge is 0.238 e. The van der Waals surface area contributed by atoms with Crippen LogP contribution in [-0.2, 0) is 11.8 Å². The number of hydrogen-bond acceptors (Lipinski definition) is 7. The van der Waals surface area contributed by atoms with Crippen LogP contribution < -0.4 is 4.90 Å². The summed E-state index contributed by atoms with van der Waals surface area (Å²) in [6.45, 7) is 8.46. The zero-order valence-electron chi connectivity index (χ0n) is 19.1. The molecule has 0 N–H and O–H groups in total. The molecule has 1 fully saturated rings. The number of aryl methyl sites for hydroxylation is 3. The standard InChI is InChI=1S/C24H25N7OS/c1-14-11-25-29(4)21(14)17-13-33-22-20(17)27-24(28-23(22)30-9-10-32-12-15(30)2)31-16(3)26-18-7-5-6-8-19(18)31/h5-8,11,13,15H,9-10,12H2,1-4H3/t15-/m1/s1. The van der Waals surface area contributed by atoms with Gasteiger partial charge < -0.3 is 9.64 Å². The summed E-state index contributed by atoms with van der Waals surface area (Å²) in [6, 6.07) is 8.36. The number of morpholine rings is 1. The highest BCUT2D eigenvalue weighted by Crippen LogP contribution is 2.40. The molecule has 9 heteroatoms. The molecule has 33 heavy (non-hydrogen) atoms. The van der Waals surface area contributed by atoms with Crippen molar-refractivity contribution < 1.29 is 4.74 Å². The van der Waals surface area contributed by atoms with E-state index in [0.717, 1.165) is 56.3 Å². The summed E-state index contributed by atoms with van der Waals surface area (Å²) in [5.41, 5.74) is 6.18. The minimum atomic E-state index is 0.231. The van der Waals surface area contributed by atoms with Crippen molar-refractivity contribution in [2.45, 2.75) is 26.8 Å². The van der Waals surface area contributed by atoms with Gasteiger partial charge in [-0.2, -0.15) is 10.1 Å². The molecule has 0 unspecified atom stereocenters. The molecule has 0 bridgehead atoms. The highest BCUT2D eigenvalue weighted by Gasteiger charge is 2.27. The van der Waals surface area contributed by atoms with Crippen LogP contribution in [0, 0.1) is 13.8 Å². The Morgan fingerprint density at radius 3 is 2.76 bits per heavy atom. The van der Waals surface area contributed by atoms with Crippen molar-refractivity contribution in [3.63, 3.8) is 0 Å². The van der Waals surface area contributed by atoms with Crippen molar-refractivity contribution in [1.82, 2.24) is 29.3 Å². The van der Waals surface area contributed by atoms with Gasteiger partial charge in [-0.05, 0) is 38.5 Å². The summed E-state index contributed by atoms with van der Waals surface area (Å²) in [4.78, 5) is 17.4. The molecule has 5 heterocycles. The van der Waals surface area contributed by atoms with E-state index in [1.165, 1.54) is 0 Å². The SMILES string of the molecule is Cc1cnn(C)c1-c1csc2c(N3CCOC[C@H]3C)nc(-n3c(C)nc4ccccc43)nc12. The van der Waals surface area contributed by atoms with Crippen LogP contribution in [-0.4, -0.2) is 55.1 Å². The topological polar surface area (TPSA) is 73.9 Å². The molecule has 168 valence electrons. The molecule has 0 saturated carbocycles. The predicted octanol–water partition coefficient (Wildman–Crippen LogP) is 4.27. The van der Waals surface area contributed by atoms with Crippen molar-refractivity contribution >= 4 is 38.4 Å². The number of aromatic nitrogens is 6. The third-order valence-corrected chi connectivity index (χ3v) is 7.30. The molecule has 6 rings (SSSR count). The summed E-state index contributed by atoms with van der Waals surface area (Å²) in [7, 11) is 1.98. The largest absolute Gasteiger partial charge is 0.377 e. The third-order valence-electron chi connectivity index (χ3n) is 6.33. The van der Waals surface area contributed by atoms with Crippen molar-refractivity contribution in [3.05, 3.63) is 47.2 Å². The van der Waals surface area contributed by atoms with Crippen LogP contribution in [0.3, 0.4) is 0 Å². The van der Waals surface area contributed by atoms with Crippen molar-refractivity contribution in [1.29, 1.82) is 0 Å². The Labute approximate surface area is 195 Å². The lowest BCUT2D eigenvalue weighted by Crippen LogP contribution is -2.44. The maximum Gasteiger partial charge on any atom is 0.238 e. The number of imidazole rings is 1. The fourth-order valence-corrected chi connectivity index (χ4v) is 5.72. The van der Waals surface area contributed by atoms with Crippen LogP contribution in [0.5, 0.6) is 0 Å². The van der Waals surface area contributed by atoms with Crippen LogP contribution >= 0.6 is 11.3 Å². The number of thiophene rings is 1. The van der Waals surface area contributed by atoms with Gasteiger partial charge in [0.05, 0.1) is 52.4 Å². The first-order valence-electron chi connectivity index (χ1n) is 11.1. The second kappa shape index (κ2) is 7.64. The second-order valence-electron chi connectivity index (χ2n) is 8.57. The van der Waals surface area contributed by atoms with E-state index in [1.54, 1.807) is 11.3 Å². The third kappa shape index (κ3) is 3.14. The first-order chi connectivity index (χ1) is 16.0. The van der Waals surface area contributed by atoms with Gasteiger partial charge in [-0.1, -0.05) is 12.1 Å². The highest BCUT2D eigenvalue weighted by atomic mass is 32.1. The minimum absolute atomic E-state index is 0.231. The molecule has 8 nitrogen and oxygen atoms in total. The van der Waals surface area contributed by atoms with Gasteiger partial charge in [0.1, 0.15) is 5.82 Å². The summed E-state index contributed by atoms with van der Waals surface area (Å²) in [5.74, 6) is 2.46. The van der Waals surface area contributed by atoms with Gasteiger partial charge in [0.25, 0.3) is 0 Å². The van der Waals surface area contributed by atoms with Gasteiger partial charge in [-0.25, -0.2) is 9.97 Å². The Morgan fingerprint density at radius 1 is 1.12 bits per heavy atom. The molecule has 1 aliphatic heterocycles. The molecule has 0 aliphatic carbocycles. The fraction of sp³-hybridized carbons (Fsp3) is 0.333. The van der Waals surface area contributed by atoms with Gasteiger partial charge in [-0.3, -0.25) is 9.25 Å². The van der Waals surface area contributed by atoms with Gasteiger partial charge in [0, 0.05) is 24.5 Å². The molecule has 5 aromatic rings. The quantitative estimate of drug-likeness (QED) is 0.401. The molecule has 0 spiro atoms. The lowest BCUT2D eigenvalue weighted by atomic mass is 10.1. The number of anilines is 1. The van der Waals surface area contributed by atoms with E-state index in [9.17, 15) is 0 Å². The second-order valence-corrected chi connectivity index (χ2v) is 9.45. The summed E-state index contributed by atoms with van der Waals surface area (Å²) in [6.07, 6.45) is 1.90. The van der Waals surface area contributed by atoms with Gasteiger partial charge in [-0.15, -0.1) is 11.3 Å².